The van der Waals surface area contributed by atoms with Gasteiger partial charge in [-0.3, -0.25) is 4.79 Å². The topological polar surface area (TPSA) is 86.8 Å². The minimum Gasteiger partial charge on any atom is -0.396 e. The second-order valence-corrected chi connectivity index (χ2v) is 3.48. The first-order chi connectivity index (χ1) is 8.10. The Labute approximate surface area is 98.3 Å². The van der Waals surface area contributed by atoms with Gasteiger partial charge in [-0.2, -0.15) is 0 Å². The molecule has 0 heterocycles. The van der Waals surface area contributed by atoms with Gasteiger partial charge in [0, 0.05) is 18.7 Å². The fourth-order valence-corrected chi connectivity index (χ4v) is 1.40. The maximum atomic E-state index is 13.2. The van der Waals surface area contributed by atoms with Crippen LogP contribution in [0.15, 0.2) is 18.2 Å². The number of aliphatic hydroxyl groups excluding tert-OH is 2. The molecule has 94 valence electrons. The second-order valence-electron chi connectivity index (χ2n) is 3.48. The Morgan fingerprint density at radius 1 is 1.29 bits per heavy atom. The molecule has 0 saturated heterocycles. The number of rotatable bonds is 5. The highest BCUT2D eigenvalue weighted by atomic mass is 19.1. The number of nitrogens with zero attached hydrogens (tertiary/aromatic N) is 1. The summed E-state index contributed by atoms with van der Waals surface area (Å²) in [7, 11) is 0. The van der Waals surface area contributed by atoms with Crippen LogP contribution in [-0.2, 0) is 0 Å². The Bertz CT molecular complexity index is 392. The second kappa shape index (κ2) is 6.17. The maximum absolute atomic E-state index is 13.2. The van der Waals surface area contributed by atoms with E-state index in [0.717, 1.165) is 6.07 Å². The maximum Gasteiger partial charge on any atom is 0.254 e. The Morgan fingerprint density at radius 2 is 1.88 bits per heavy atom. The van der Waals surface area contributed by atoms with Gasteiger partial charge < -0.3 is 20.8 Å². The lowest BCUT2D eigenvalue weighted by Crippen LogP contribution is -2.35. The average molecular weight is 242 g/mol. The van der Waals surface area contributed by atoms with Crippen LogP contribution >= 0.6 is 0 Å². The Hall–Kier alpha value is -1.66. The summed E-state index contributed by atoms with van der Waals surface area (Å²) in [6.07, 6.45) is 0. The number of aliphatic hydroxyl groups is 2. The quantitative estimate of drug-likeness (QED) is 0.626. The van der Waals surface area contributed by atoms with Crippen LogP contribution in [0.25, 0.3) is 0 Å². The van der Waals surface area contributed by atoms with E-state index in [1.165, 1.54) is 17.0 Å². The lowest BCUT2D eigenvalue weighted by molar-refractivity contribution is 0.0684. The van der Waals surface area contributed by atoms with Crippen LogP contribution in [0.2, 0.25) is 0 Å². The molecule has 5 nitrogen and oxygen atoms in total. The summed E-state index contributed by atoms with van der Waals surface area (Å²) in [6.45, 7) is -0.261. The van der Waals surface area contributed by atoms with Gasteiger partial charge in [0.1, 0.15) is 5.82 Å². The minimum absolute atomic E-state index is 0.0302. The van der Waals surface area contributed by atoms with Crippen molar-refractivity contribution in [1.82, 2.24) is 4.90 Å². The molecule has 0 bridgehead atoms. The van der Waals surface area contributed by atoms with Crippen LogP contribution in [0, 0.1) is 5.82 Å². The Morgan fingerprint density at radius 3 is 2.35 bits per heavy atom. The molecule has 1 aromatic carbocycles. The molecule has 6 heteroatoms. The molecule has 0 unspecified atom stereocenters. The number of nitrogen functional groups attached to an aromatic ring is 1. The van der Waals surface area contributed by atoms with E-state index in [0.29, 0.717) is 0 Å². The predicted octanol–water partition coefficient (Wildman–Crippen LogP) is -0.165. The summed E-state index contributed by atoms with van der Waals surface area (Å²) in [4.78, 5) is 13.1. The third-order valence-corrected chi connectivity index (χ3v) is 2.27. The van der Waals surface area contributed by atoms with Gasteiger partial charge >= 0.3 is 0 Å². The van der Waals surface area contributed by atoms with Crippen molar-refractivity contribution in [2.75, 3.05) is 32.0 Å². The molecule has 4 N–H and O–H groups in total. The molecule has 0 aliphatic heterocycles. The van der Waals surface area contributed by atoms with Crippen molar-refractivity contribution in [2.45, 2.75) is 0 Å². The predicted molar refractivity (Wildman–Crippen MR) is 60.9 cm³/mol. The number of halogens is 1. The molecule has 0 atom stereocenters. The first kappa shape index (κ1) is 13.4. The monoisotopic (exact) mass is 242 g/mol. The highest BCUT2D eigenvalue weighted by molar-refractivity contribution is 5.94. The molecule has 17 heavy (non-hydrogen) atoms. The average Bonchev–Trinajstić information content (AvgIpc) is 2.31. The van der Waals surface area contributed by atoms with Gasteiger partial charge in [-0.05, 0) is 18.2 Å². The van der Waals surface area contributed by atoms with Crippen molar-refractivity contribution < 1.29 is 19.4 Å². The number of anilines is 1. The first-order valence-corrected chi connectivity index (χ1v) is 5.16. The number of carbonyl (C=O) groups excluding carboxylic acids is 1. The molecule has 1 aromatic rings. The lowest BCUT2D eigenvalue weighted by atomic mass is 10.1. The van der Waals surface area contributed by atoms with E-state index in [2.05, 4.69) is 0 Å². The minimum atomic E-state index is -0.663. The highest BCUT2D eigenvalue weighted by Gasteiger charge is 2.15. The highest BCUT2D eigenvalue weighted by Crippen LogP contribution is 2.13. The van der Waals surface area contributed by atoms with E-state index in [9.17, 15) is 9.18 Å². The number of benzene rings is 1. The van der Waals surface area contributed by atoms with E-state index >= 15 is 0 Å². The molecule has 1 rings (SSSR count). The van der Waals surface area contributed by atoms with Crippen molar-refractivity contribution in [3.63, 3.8) is 0 Å². The fraction of sp³-hybridized carbons (Fsp3) is 0.364. The summed E-state index contributed by atoms with van der Waals surface area (Å²) in [5, 5.41) is 17.6. The van der Waals surface area contributed by atoms with Gasteiger partial charge in [0.25, 0.3) is 5.91 Å². The molecular weight excluding hydrogens is 227 g/mol. The number of hydrogen-bond donors (Lipinski definition) is 3. The molecular formula is C11H15FN2O3. The standard InChI is InChI=1S/C11H15FN2O3/c12-9-7-8(1-2-10(9)13)11(17)14(3-5-15)4-6-16/h1-2,7,15-16H,3-6,13H2. The smallest absolute Gasteiger partial charge is 0.254 e. The Kier molecular flexibility index (Phi) is 4.86. The lowest BCUT2D eigenvalue weighted by Gasteiger charge is -2.20. The van der Waals surface area contributed by atoms with Crippen LogP contribution < -0.4 is 5.73 Å². The number of amides is 1. The molecule has 0 aliphatic rings. The summed E-state index contributed by atoms with van der Waals surface area (Å²) < 4.78 is 13.2. The van der Waals surface area contributed by atoms with Crippen molar-refractivity contribution >= 4 is 11.6 Å². The SMILES string of the molecule is Nc1ccc(C(=O)N(CCO)CCO)cc1F. The van der Waals surface area contributed by atoms with Crippen molar-refractivity contribution in [1.29, 1.82) is 0 Å². The zero-order valence-corrected chi connectivity index (χ0v) is 9.27. The van der Waals surface area contributed by atoms with Crippen LogP contribution in [-0.4, -0.2) is 47.3 Å². The Balaban J connectivity index is 2.88. The third kappa shape index (κ3) is 3.40. The van der Waals surface area contributed by atoms with Crippen LogP contribution in [0.4, 0.5) is 10.1 Å². The largest absolute Gasteiger partial charge is 0.396 e. The molecule has 0 aliphatic carbocycles. The summed E-state index contributed by atoms with van der Waals surface area (Å²) in [6, 6.07) is 3.75. The molecule has 0 radical (unpaired) electrons. The van der Waals surface area contributed by atoms with E-state index in [-0.39, 0.29) is 37.6 Å². The fourth-order valence-electron chi connectivity index (χ4n) is 1.40. The van der Waals surface area contributed by atoms with Crippen LogP contribution in [0.5, 0.6) is 0 Å². The summed E-state index contributed by atoms with van der Waals surface area (Å²) in [5.74, 6) is -1.12. The molecule has 1 amide bonds. The van der Waals surface area contributed by atoms with Gasteiger partial charge in [0.05, 0.1) is 18.9 Å². The van der Waals surface area contributed by atoms with E-state index in [1.807, 2.05) is 0 Å². The normalized spacial score (nSPS) is 10.3. The van der Waals surface area contributed by atoms with Crippen molar-refractivity contribution in [3.05, 3.63) is 29.6 Å². The zero-order valence-electron chi connectivity index (χ0n) is 9.27. The summed E-state index contributed by atoms with van der Waals surface area (Å²) in [5.41, 5.74) is 5.41. The molecule has 0 spiro atoms. The van der Waals surface area contributed by atoms with Crippen LogP contribution in [0.3, 0.4) is 0 Å². The van der Waals surface area contributed by atoms with Gasteiger partial charge in [-0.25, -0.2) is 4.39 Å². The van der Waals surface area contributed by atoms with Gasteiger partial charge in [-0.1, -0.05) is 0 Å². The molecule has 0 aromatic heterocycles. The van der Waals surface area contributed by atoms with Crippen LogP contribution in [0.1, 0.15) is 10.4 Å². The van der Waals surface area contributed by atoms with Gasteiger partial charge in [-0.15, -0.1) is 0 Å². The third-order valence-electron chi connectivity index (χ3n) is 2.27. The zero-order chi connectivity index (χ0) is 12.8. The van der Waals surface area contributed by atoms with Crippen molar-refractivity contribution in [3.8, 4) is 0 Å². The van der Waals surface area contributed by atoms with Gasteiger partial charge in [0.15, 0.2) is 0 Å². The first-order valence-electron chi connectivity index (χ1n) is 5.16. The van der Waals surface area contributed by atoms with E-state index < -0.39 is 11.7 Å². The number of carbonyl (C=O) groups is 1. The van der Waals surface area contributed by atoms with E-state index in [4.69, 9.17) is 15.9 Å². The van der Waals surface area contributed by atoms with E-state index in [1.54, 1.807) is 0 Å². The number of nitrogens with two attached hydrogens (primary N) is 1. The van der Waals surface area contributed by atoms with Crippen molar-refractivity contribution in [2.24, 2.45) is 0 Å². The van der Waals surface area contributed by atoms with Gasteiger partial charge in [0.2, 0.25) is 0 Å². The number of hydrogen-bond acceptors (Lipinski definition) is 4. The summed E-state index contributed by atoms with van der Waals surface area (Å²) >= 11 is 0. The molecule has 0 fully saturated rings. The molecule has 0 saturated carbocycles.